The van der Waals surface area contributed by atoms with Crippen molar-refractivity contribution >= 4 is 0 Å². The fourth-order valence-electron chi connectivity index (χ4n) is 2.35. The van der Waals surface area contributed by atoms with Gasteiger partial charge in [0.05, 0.1) is 13.2 Å². The van der Waals surface area contributed by atoms with E-state index in [0.29, 0.717) is 17.4 Å². The van der Waals surface area contributed by atoms with Crippen molar-refractivity contribution in [2.24, 2.45) is 11.3 Å². The van der Waals surface area contributed by atoms with Crippen molar-refractivity contribution in [2.75, 3.05) is 46.6 Å². The molecule has 0 aliphatic carbocycles. The summed E-state index contributed by atoms with van der Waals surface area (Å²) in [5, 5.41) is 7.08. The van der Waals surface area contributed by atoms with E-state index in [1.807, 2.05) is 0 Å². The van der Waals surface area contributed by atoms with E-state index in [1.165, 1.54) is 0 Å². The molecule has 2 atom stereocenters. The van der Waals surface area contributed by atoms with Crippen molar-refractivity contribution in [3.63, 3.8) is 0 Å². The molecule has 4 heteroatoms. The molecule has 0 saturated carbocycles. The zero-order valence-electron chi connectivity index (χ0n) is 12.4. The molecular formula is C14H30N2O2. The lowest BCUT2D eigenvalue weighted by Gasteiger charge is -2.26. The second-order valence-corrected chi connectivity index (χ2v) is 6.00. The second kappa shape index (κ2) is 8.10. The summed E-state index contributed by atoms with van der Waals surface area (Å²) in [6, 6.07) is 0.518. The molecule has 1 fully saturated rings. The quantitative estimate of drug-likeness (QED) is 0.653. The monoisotopic (exact) mass is 258 g/mol. The predicted octanol–water partition coefficient (Wildman–Crippen LogP) is 1.26. The molecule has 1 heterocycles. The Balaban J connectivity index is 2.20. The molecule has 1 aliphatic heterocycles. The van der Waals surface area contributed by atoms with Gasteiger partial charge in [-0.25, -0.2) is 0 Å². The molecule has 0 spiro atoms. The third-order valence-corrected chi connectivity index (χ3v) is 3.66. The van der Waals surface area contributed by atoms with E-state index < -0.39 is 0 Å². The topological polar surface area (TPSA) is 42.5 Å². The average molecular weight is 258 g/mol. The summed E-state index contributed by atoms with van der Waals surface area (Å²) in [7, 11) is 1.76. The van der Waals surface area contributed by atoms with E-state index in [0.717, 1.165) is 45.9 Å². The second-order valence-electron chi connectivity index (χ2n) is 6.00. The lowest BCUT2D eigenvalue weighted by molar-refractivity contribution is 0.149. The van der Waals surface area contributed by atoms with Gasteiger partial charge in [0, 0.05) is 38.8 Å². The maximum absolute atomic E-state index is 5.55. The third-order valence-electron chi connectivity index (χ3n) is 3.66. The molecule has 0 aromatic heterocycles. The fraction of sp³-hybridized carbons (Fsp3) is 1.00. The Hall–Kier alpha value is -0.160. The lowest BCUT2D eigenvalue weighted by atomic mass is 9.89. The van der Waals surface area contributed by atoms with Gasteiger partial charge < -0.3 is 20.1 Å². The Bertz CT molecular complexity index is 222. The maximum atomic E-state index is 5.55. The minimum Gasteiger partial charge on any atom is -0.385 e. The predicted molar refractivity (Wildman–Crippen MR) is 74.9 cm³/mol. The van der Waals surface area contributed by atoms with Crippen LogP contribution in [-0.4, -0.2) is 52.6 Å². The summed E-state index contributed by atoms with van der Waals surface area (Å²) in [6.45, 7) is 12.4. The van der Waals surface area contributed by atoms with Crippen LogP contribution in [0.15, 0.2) is 0 Å². The van der Waals surface area contributed by atoms with Crippen LogP contribution in [0.4, 0.5) is 0 Å². The van der Waals surface area contributed by atoms with Crippen LogP contribution in [-0.2, 0) is 9.47 Å². The Morgan fingerprint density at radius 3 is 2.78 bits per heavy atom. The van der Waals surface area contributed by atoms with Crippen LogP contribution in [0.5, 0.6) is 0 Å². The molecule has 1 aliphatic rings. The van der Waals surface area contributed by atoms with Crippen LogP contribution < -0.4 is 10.6 Å². The van der Waals surface area contributed by atoms with Gasteiger partial charge in [0.15, 0.2) is 0 Å². The standard InChI is InChI=1S/C14H30N2O2/c1-5-16-13-10-18-9-12(13)8-15-11-14(2,3)6-7-17-4/h12-13,15-16H,5-11H2,1-4H3. The first-order valence-corrected chi connectivity index (χ1v) is 7.10. The number of ether oxygens (including phenoxy) is 2. The molecule has 1 saturated heterocycles. The molecule has 2 unspecified atom stereocenters. The van der Waals surface area contributed by atoms with E-state index in [4.69, 9.17) is 9.47 Å². The van der Waals surface area contributed by atoms with Crippen molar-refractivity contribution in [1.82, 2.24) is 10.6 Å². The number of likely N-dealkylation sites (N-methyl/N-ethyl adjacent to an activating group) is 1. The van der Waals surface area contributed by atoms with Crippen molar-refractivity contribution < 1.29 is 9.47 Å². The molecule has 4 nitrogen and oxygen atoms in total. The fourth-order valence-corrected chi connectivity index (χ4v) is 2.35. The minimum atomic E-state index is 0.295. The SMILES string of the molecule is CCNC1COCC1CNCC(C)(C)CCOC. The summed E-state index contributed by atoms with van der Waals surface area (Å²) in [6.07, 6.45) is 1.09. The van der Waals surface area contributed by atoms with Crippen molar-refractivity contribution in [3.8, 4) is 0 Å². The van der Waals surface area contributed by atoms with Gasteiger partial charge in [-0.05, 0) is 18.4 Å². The summed E-state index contributed by atoms with van der Waals surface area (Å²) >= 11 is 0. The normalized spacial score (nSPS) is 24.7. The smallest absolute Gasteiger partial charge is 0.0623 e. The molecule has 1 rings (SSSR count). The highest BCUT2D eigenvalue weighted by Crippen LogP contribution is 2.19. The highest BCUT2D eigenvalue weighted by Gasteiger charge is 2.27. The molecule has 2 N–H and O–H groups in total. The number of hydrogen-bond acceptors (Lipinski definition) is 4. The Kier molecular flexibility index (Phi) is 7.15. The van der Waals surface area contributed by atoms with Crippen LogP contribution in [0.1, 0.15) is 27.2 Å². The average Bonchev–Trinajstić information content (AvgIpc) is 2.75. The lowest BCUT2D eigenvalue weighted by Crippen LogP contribution is -2.42. The van der Waals surface area contributed by atoms with Gasteiger partial charge >= 0.3 is 0 Å². The molecule has 0 amide bonds. The first-order valence-electron chi connectivity index (χ1n) is 7.10. The minimum absolute atomic E-state index is 0.295. The third kappa shape index (κ3) is 5.65. The largest absolute Gasteiger partial charge is 0.385 e. The number of nitrogens with one attached hydrogen (secondary N) is 2. The molecule has 0 radical (unpaired) electrons. The summed E-state index contributed by atoms with van der Waals surface area (Å²) < 4.78 is 10.7. The Morgan fingerprint density at radius 1 is 1.33 bits per heavy atom. The van der Waals surface area contributed by atoms with Crippen molar-refractivity contribution in [1.29, 1.82) is 0 Å². The van der Waals surface area contributed by atoms with Crippen LogP contribution in [0.3, 0.4) is 0 Å². The summed E-state index contributed by atoms with van der Waals surface area (Å²) in [4.78, 5) is 0. The molecule has 108 valence electrons. The van der Waals surface area contributed by atoms with Crippen LogP contribution in [0, 0.1) is 11.3 Å². The number of rotatable bonds is 9. The van der Waals surface area contributed by atoms with Crippen molar-refractivity contribution in [2.45, 2.75) is 33.2 Å². The van der Waals surface area contributed by atoms with E-state index in [1.54, 1.807) is 7.11 Å². The van der Waals surface area contributed by atoms with Gasteiger partial charge in [-0.1, -0.05) is 20.8 Å². The first-order chi connectivity index (χ1) is 8.59. The van der Waals surface area contributed by atoms with Crippen LogP contribution >= 0.6 is 0 Å². The zero-order chi connectivity index (χ0) is 13.4. The van der Waals surface area contributed by atoms with Gasteiger partial charge in [0.2, 0.25) is 0 Å². The van der Waals surface area contributed by atoms with Gasteiger partial charge in [-0.15, -0.1) is 0 Å². The number of hydrogen-bond donors (Lipinski definition) is 2. The van der Waals surface area contributed by atoms with Crippen LogP contribution in [0.25, 0.3) is 0 Å². The molecule has 0 bridgehead atoms. The van der Waals surface area contributed by atoms with E-state index >= 15 is 0 Å². The molecule has 0 aromatic carbocycles. The van der Waals surface area contributed by atoms with E-state index in [-0.39, 0.29) is 0 Å². The van der Waals surface area contributed by atoms with Crippen molar-refractivity contribution in [3.05, 3.63) is 0 Å². The zero-order valence-corrected chi connectivity index (χ0v) is 12.4. The van der Waals surface area contributed by atoms with Gasteiger partial charge in [0.1, 0.15) is 0 Å². The Morgan fingerprint density at radius 2 is 2.11 bits per heavy atom. The Labute approximate surface area is 112 Å². The highest BCUT2D eigenvalue weighted by molar-refractivity contribution is 4.83. The first kappa shape index (κ1) is 15.9. The molecule has 18 heavy (non-hydrogen) atoms. The van der Waals surface area contributed by atoms with Gasteiger partial charge in [-0.3, -0.25) is 0 Å². The highest BCUT2D eigenvalue weighted by atomic mass is 16.5. The molecule has 0 aromatic rings. The van der Waals surface area contributed by atoms with E-state index in [9.17, 15) is 0 Å². The van der Waals surface area contributed by atoms with Gasteiger partial charge in [0.25, 0.3) is 0 Å². The van der Waals surface area contributed by atoms with E-state index in [2.05, 4.69) is 31.4 Å². The van der Waals surface area contributed by atoms with Gasteiger partial charge in [-0.2, -0.15) is 0 Å². The summed E-state index contributed by atoms with van der Waals surface area (Å²) in [5.74, 6) is 0.600. The maximum Gasteiger partial charge on any atom is 0.0623 e. The van der Waals surface area contributed by atoms with Crippen LogP contribution in [0.2, 0.25) is 0 Å². The number of methoxy groups -OCH3 is 1. The molecular weight excluding hydrogens is 228 g/mol. The summed E-state index contributed by atoms with van der Waals surface area (Å²) in [5.41, 5.74) is 0.295.